The maximum absolute atomic E-state index is 12.9. The van der Waals surface area contributed by atoms with Crippen LogP contribution in [0.2, 0.25) is 0 Å². The van der Waals surface area contributed by atoms with Crippen LogP contribution in [0, 0.1) is 0 Å². The van der Waals surface area contributed by atoms with E-state index < -0.39 is 12.1 Å². The molecule has 2 amide bonds. The van der Waals surface area contributed by atoms with Gasteiger partial charge in [-0.25, -0.2) is 4.98 Å². The van der Waals surface area contributed by atoms with E-state index in [2.05, 4.69) is 15.4 Å². The fraction of sp³-hybridized carbons (Fsp3) is 0.474. The molecular formula is C19H23N5O4. The van der Waals surface area contributed by atoms with Crippen LogP contribution in [0.1, 0.15) is 24.4 Å². The third kappa shape index (κ3) is 3.84. The Morgan fingerprint density at radius 3 is 2.75 bits per heavy atom. The number of nitrogens with zero attached hydrogens (tertiary/aromatic N) is 4. The van der Waals surface area contributed by atoms with Gasteiger partial charge in [-0.2, -0.15) is 5.10 Å². The van der Waals surface area contributed by atoms with Crippen molar-refractivity contribution < 1.29 is 19.1 Å². The Morgan fingerprint density at radius 2 is 2.11 bits per heavy atom. The third-order valence-corrected chi connectivity index (χ3v) is 5.02. The minimum Gasteiger partial charge on any atom is -0.497 e. The lowest BCUT2D eigenvalue weighted by atomic mass is 9.96. The van der Waals surface area contributed by atoms with Crippen molar-refractivity contribution in [2.24, 2.45) is 0 Å². The Balaban J connectivity index is 1.52. The number of carbonyl (C=O) groups excluding carboxylic acids is 2. The van der Waals surface area contributed by atoms with E-state index in [1.165, 1.54) is 6.33 Å². The van der Waals surface area contributed by atoms with Crippen LogP contribution >= 0.6 is 0 Å². The van der Waals surface area contributed by atoms with E-state index in [0.717, 1.165) is 24.2 Å². The van der Waals surface area contributed by atoms with Crippen LogP contribution in [0.15, 0.2) is 36.9 Å². The number of methoxy groups -OCH3 is 1. The van der Waals surface area contributed by atoms with Gasteiger partial charge in [0.1, 0.15) is 25.0 Å². The molecular weight excluding hydrogens is 362 g/mol. The number of rotatable bonds is 7. The minimum atomic E-state index is -0.762. The van der Waals surface area contributed by atoms with Crippen LogP contribution < -0.4 is 10.1 Å². The van der Waals surface area contributed by atoms with Gasteiger partial charge in [-0.15, -0.1) is 0 Å². The second kappa shape index (κ2) is 7.97. The number of carbonyl (C=O) groups is 2. The topological polar surface area (TPSA) is 98.6 Å². The number of ether oxygens (including phenoxy) is 2. The molecule has 0 spiro atoms. The van der Waals surface area contributed by atoms with Crippen molar-refractivity contribution in [1.29, 1.82) is 0 Å². The first kappa shape index (κ1) is 18.4. The van der Waals surface area contributed by atoms with Crippen LogP contribution in [-0.4, -0.2) is 63.9 Å². The van der Waals surface area contributed by atoms with E-state index in [1.54, 1.807) is 18.1 Å². The largest absolute Gasteiger partial charge is 0.497 e. The molecule has 9 nitrogen and oxygen atoms in total. The summed E-state index contributed by atoms with van der Waals surface area (Å²) in [4.78, 5) is 31.1. The van der Waals surface area contributed by atoms with E-state index in [9.17, 15) is 9.59 Å². The number of hydrogen-bond acceptors (Lipinski definition) is 6. The first-order chi connectivity index (χ1) is 13.7. The van der Waals surface area contributed by atoms with E-state index >= 15 is 0 Å². The lowest BCUT2D eigenvalue weighted by Crippen LogP contribution is -2.55. The zero-order chi connectivity index (χ0) is 19.5. The Labute approximate surface area is 162 Å². The van der Waals surface area contributed by atoms with Gasteiger partial charge in [-0.1, -0.05) is 12.1 Å². The zero-order valence-electron chi connectivity index (χ0n) is 15.7. The summed E-state index contributed by atoms with van der Waals surface area (Å²) in [5.41, 5.74) is 0.858. The van der Waals surface area contributed by atoms with Gasteiger partial charge < -0.3 is 19.7 Å². The molecule has 0 unspecified atom stereocenters. The molecule has 2 fully saturated rings. The summed E-state index contributed by atoms with van der Waals surface area (Å²) in [5, 5.41) is 6.91. The Kier molecular flexibility index (Phi) is 5.25. The molecule has 148 valence electrons. The van der Waals surface area contributed by atoms with Crippen molar-refractivity contribution in [2.75, 3.05) is 20.3 Å². The second-order valence-corrected chi connectivity index (χ2v) is 6.93. The quantitative estimate of drug-likeness (QED) is 0.747. The highest BCUT2D eigenvalue weighted by Crippen LogP contribution is 2.39. The first-order valence-corrected chi connectivity index (χ1v) is 9.34. The van der Waals surface area contributed by atoms with Crippen molar-refractivity contribution in [2.45, 2.75) is 37.6 Å². The van der Waals surface area contributed by atoms with Crippen molar-refractivity contribution in [1.82, 2.24) is 25.0 Å². The van der Waals surface area contributed by atoms with E-state index in [1.807, 2.05) is 29.2 Å². The second-order valence-electron chi connectivity index (χ2n) is 6.93. The smallest absolute Gasteiger partial charge is 0.251 e. The third-order valence-electron chi connectivity index (χ3n) is 5.02. The van der Waals surface area contributed by atoms with Gasteiger partial charge in [0, 0.05) is 12.6 Å². The predicted octanol–water partition coefficient (Wildman–Crippen LogP) is 0.534. The molecule has 1 saturated heterocycles. The molecule has 1 aliphatic heterocycles. The lowest BCUT2D eigenvalue weighted by Gasteiger charge is -2.40. The van der Waals surface area contributed by atoms with Crippen LogP contribution in [0.5, 0.6) is 5.75 Å². The molecule has 2 aliphatic rings. The summed E-state index contributed by atoms with van der Waals surface area (Å²) in [6, 6.07) is 7.16. The Morgan fingerprint density at radius 1 is 1.32 bits per heavy atom. The Hall–Kier alpha value is -2.94. The number of aromatic nitrogens is 3. The molecule has 1 aromatic carbocycles. The normalized spacial score (nSPS) is 22.2. The molecule has 1 saturated carbocycles. The first-order valence-electron chi connectivity index (χ1n) is 9.34. The van der Waals surface area contributed by atoms with E-state index in [4.69, 9.17) is 9.47 Å². The van der Waals surface area contributed by atoms with Crippen molar-refractivity contribution in [3.63, 3.8) is 0 Å². The van der Waals surface area contributed by atoms with Crippen LogP contribution in [0.25, 0.3) is 0 Å². The molecule has 9 heteroatoms. The van der Waals surface area contributed by atoms with Gasteiger partial charge in [0.15, 0.2) is 6.10 Å². The Bertz CT molecular complexity index is 819. The molecule has 4 rings (SSSR count). The van der Waals surface area contributed by atoms with Gasteiger partial charge in [0.25, 0.3) is 5.91 Å². The highest BCUT2D eigenvalue weighted by Gasteiger charge is 2.47. The standard InChI is InChI=1S/C19H23N5O4/c1-27-15-6-2-13(3-7-15)17-18(28-10-16(25)24(17)14-4-5-14)19(26)21-8-9-23-12-20-11-22-23/h2-3,6-7,11-12,14,17-18H,4-5,8-10H2,1H3,(H,21,26)/t17-,18+/m1/s1. The van der Waals surface area contributed by atoms with Gasteiger partial charge in [-0.3, -0.25) is 14.3 Å². The summed E-state index contributed by atoms with van der Waals surface area (Å²) in [6.45, 7) is 0.829. The SMILES string of the molecule is COc1ccc([C@@H]2[C@@H](C(=O)NCCn3cncn3)OCC(=O)N2C2CC2)cc1. The van der Waals surface area contributed by atoms with Crippen molar-refractivity contribution in [3.8, 4) is 5.75 Å². The molecule has 0 radical (unpaired) electrons. The molecule has 1 aliphatic carbocycles. The molecule has 28 heavy (non-hydrogen) atoms. The average molecular weight is 385 g/mol. The average Bonchev–Trinajstić information content (AvgIpc) is 3.42. The van der Waals surface area contributed by atoms with E-state index in [-0.39, 0.29) is 24.5 Å². The summed E-state index contributed by atoms with van der Waals surface area (Å²) in [5.74, 6) is 0.410. The number of amides is 2. The minimum absolute atomic E-state index is 0.0741. The van der Waals surface area contributed by atoms with Crippen LogP contribution in [0.4, 0.5) is 0 Å². The maximum atomic E-state index is 12.9. The van der Waals surface area contributed by atoms with Crippen molar-refractivity contribution >= 4 is 11.8 Å². The predicted molar refractivity (Wildman–Crippen MR) is 98.4 cm³/mol. The van der Waals surface area contributed by atoms with Gasteiger partial charge in [-0.05, 0) is 30.5 Å². The van der Waals surface area contributed by atoms with Gasteiger partial charge >= 0.3 is 0 Å². The number of hydrogen-bond donors (Lipinski definition) is 1. The fourth-order valence-corrected chi connectivity index (χ4v) is 3.51. The van der Waals surface area contributed by atoms with Crippen molar-refractivity contribution in [3.05, 3.63) is 42.5 Å². The summed E-state index contributed by atoms with van der Waals surface area (Å²) < 4.78 is 12.6. The number of nitrogens with one attached hydrogen (secondary N) is 1. The maximum Gasteiger partial charge on any atom is 0.251 e. The van der Waals surface area contributed by atoms with Gasteiger partial charge in [0.2, 0.25) is 5.91 Å². The highest BCUT2D eigenvalue weighted by atomic mass is 16.5. The molecule has 1 aromatic heterocycles. The summed E-state index contributed by atoms with van der Waals surface area (Å²) in [6.07, 6.45) is 4.20. The molecule has 0 bridgehead atoms. The van der Waals surface area contributed by atoms with E-state index in [0.29, 0.717) is 13.1 Å². The number of benzene rings is 1. The van der Waals surface area contributed by atoms with Gasteiger partial charge in [0.05, 0.1) is 19.7 Å². The number of morpholine rings is 1. The molecule has 2 aromatic rings. The monoisotopic (exact) mass is 385 g/mol. The molecule has 2 atom stereocenters. The summed E-state index contributed by atoms with van der Waals surface area (Å²) in [7, 11) is 1.60. The molecule has 1 N–H and O–H groups in total. The fourth-order valence-electron chi connectivity index (χ4n) is 3.51. The lowest BCUT2D eigenvalue weighted by molar-refractivity contribution is -0.165. The zero-order valence-corrected chi connectivity index (χ0v) is 15.7. The summed E-state index contributed by atoms with van der Waals surface area (Å²) >= 11 is 0. The van der Waals surface area contributed by atoms with Crippen LogP contribution in [-0.2, 0) is 20.9 Å². The molecule has 2 heterocycles. The van der Waals surface area contributed by atoms with Crippen LogP contribution in [0.3, 0.4) is 0 Å². The highest BCUT2D eigenvalue weighted by molar-refractivity contribution is 5.86.